The number of hydrogen-bond acceptors (Lipinski definition) is 6. The van der Waals surface area contributed by atoms with Crippen molar-refractivity contribution in [3.05, 3.63) is 69.6 Å². The van der Waals surface area contributed by atoms with Crippen LogP contribution in [0.5, 0.6) is 0 Å². The first-order valence-electron chi connectivity index (χ1n) is 9.43. The van der Waals surface area contributed by atoms with Gasteiger partial charge in [-0.15, -0.1) is 11.3 Å². The lowest BCUT2D eigenvalue weighted by atomic mass is 10.1. The molecule has 0 aliphatic rings. The maximum atomic E-state index is 12.9. The van der Waals surface area contributed by atoms with Crippen molar-refractivity contribution in [3.8, 4) is 0 Å². The van der Waals surface area contributed by atoms with Gasteiger partial charge in [0.2, 0.25) is 5.91 Å². The summed E-state index contributed by atoms with van der Waals surface area (Å²) in [6, 6.07) is 13.4. The lowest BCUT2D eigenvalue weighted by molar-refractivity contribution is -0.116. The second-order valence-corrected chi connectivity index (χ2v) is 7.71. The van der Waals surface area contributed by atoms with E-state index in [0.29, 0.717) is 26.3 Å². The van der Waals surface area contributed by atoms with E-state index in [2.05, 4.69) is 10.3 Å². The predicted octanol–water partition coefficient (Wildman–Crippen LogP) is 3.74. The summed E-state index contributed by atoms with van der Waals surface area (Å²) >= 11 is 1.12. The number of ether oxygens (including phenoxy) is 1. The van der Waals surface area contributed by atoms with Crippen LogP contribution in [0.3, 0.4) is 0 Å². The summed E-state index contributed by atoms with van der Waals surface area (Å²) in [6.07, 6.45) is 1.33. The number of fused-ring (bicyclic) bond motifs is 2. The minimum atomic E-state index is -0.474. The second-order valence-electron chi connectivity index (χ2n) is 6.71. The van der Waals surface area contributed by atoms with Crippen LogP contribution in [0.2, 0.25) is 0 Å². The fourth-order valence-electron chi connectivity index (χ4n) is 3.34. The predicted molar refractivity (Wildman–Crippen MR) is 117 cm³/mol. The fraction of sp³-hybridized carbons (Fsp3) is 0.182. The summed E-state index contributed by atoms with van der Waals surface area (Å²) in [7, 11) is 0. The van der Waals surface area contributed by atoms with Gasteiger partial charge in [-0.1, -0.05) is 36.4 Å². The summed E-state index contributed by atoms with van der Waals surface area (Å²) in [6.45, 7) is 3.47. The summed E-state index contributed by atoms with van der Waals surface area (Å²) in [5.41, 5.74) is 0.837. The molecule has 0 aliphatic carbocycles. The zero-order valence-corrected chi connectivity index (χ0v) is 17.3. The third-order valence-electron chi connectivity index (χ3n) is 4.76. The van der Waals surface area contributed by atoms with E-state index in [-0.39, 0.29) is 24.6 Å². The van der Waals surface area contributed by atoms with Crippen molar-refractivity contribution >= 4 is 49.9 Å². The highest BCUT2D eigenvalue weighted by Gasteiger charge is 2.20. The molecule has 0 bridgehead atoms. The highest BCUT2D eigenvalue weighted by Crippen LogP contribution is 2.27. The molecule has 2 aromatic heterocycles. The number of nitrogens with one attached hydrogen (secondary N) is 1. The summed E-state index contributed by atoms with van der Waals surface area (Å²) in [5.74, 6) is -0.814. The molecule has 1 amide bonds. The molecule has 0 atom stereocenters. The van der Waals surface area contributed by atoms with Crippen LogP contribution in [0, 0.1) is 6.92 Å². The smallest absolute Gasteiger partial charge is 0.348 e. The Morgan fingerprint density at radius 1 is 1.17 bits per heavy atom. The topological polar surface area (TPSA) is 90.3 Å². The van der Waals surface area contributed by atoms with E-state index in [1.807, 2.05) is 42.5 Å². The first-order chi connectivity index (χ1) is 14.5. The summed E-state index contributed by atoms with van der Waals surface area (Å²) in [4.78, 5) is 42.8. The van der Waals surface area contributed by atoms with Gasteiger partial charge in [-0.2, -0.15) is 0 Å². The molecule has 2 aromatic carbocycles. The number of amides is 1. The van der Waals surface area contributed by atoms with Crippen LogP contribution in [0.25, 0.3) is 21.0 Å². The molecular formula is C22H19N3O4S. The molecule has 0 aliphatic heterocycles. The second kappa shape index (κ2) is 8.08. The Kier molecular flexibility index (Phi) is 5.33. The van der Waals surface area contributed by atoms with Crippen molar-refractivity contribution in [2.75, 3.05) is 11.9 Å². The summed E-state index contributed by atoms with van der Waals surface area (Å²) < 4.78 is 6.29. The van der Waals surface area contributed by atoms with Gasteiger partial charge < -0.3 is 10.1 Å². The lowest BCUT2D eigenvalue weighted by Gasteiger charge is -2.10. The van der Waals surface area contributed by atoms with Crippen LogP contribution in [0.15, 0.2) is 53.6 Å². The highest BCUT2D eigenvalue weighted by molar-refractivity contribution is 7.20. The molecule has 2 heterocycles. The SMILES string of the molecule is CCOC(=O)c1sc2ncn(CC(=O)Nc3cccc4ccccc34)c(=O)c2c1C. The van der Waals surface area contributed by atoms with Crippen LogP contribution in [0.1, 0.15) is 22.2 Å². The quantitative estimate of drug-likeness (QED) is 0.496. The Labute approximate surface area is 175 Å². The van der Waals surface area contributed by atoms with E-state index in [0.717, 1.165) is 22.1 Å². The molecule has 4 rings (SSSR count). The zero-order chi connectivity index (χ0) is 21.3. The number of carbonyl (C=O) groups is 2. The number of rotatable bonds is 5. The van der Waals surface area contributed by atoms with Crippen molar-refractivity contribution in [1.82, 2.24) is 9.55 Å². The van der Waals surface area contributed by atoms with Crippen LogP contribution < -0.4 is 10.9 Å². The minimum absolute atomic E-state index is 0.185. The first kappa shape index (κ1) is 19.8. The van der Waals surface area contributed by atoms with Gasteiger partial charge >= 0.3 is 5.97 Å². The Bertz CT molecular complexity index is 1330. The van der Waals surface area contributed by atoms with Crippen LogP contribution in [-0.4, -0.2) is 28.0 Å². The molecule has 7 nitrogen and oxygen atoms in total. The van der Waals surface area contributed by atoms with Gasteiger partial charge in [-0.05, 0) is 30.9 Å². The van der Waals surface area contributed by atoms with E-state index >= 15 is 0 Å². The van der Waals surface area contributed by atoms with E-state index in [1.165, 1.54) is 10.9 Å². The van der Waals surface area contributed by atoms with Crippen molar-refractivity contribution in [3.63, 3.8) is 0 Å². The fourth-order valence-corrected chi connectivity index (χ4v) is 4.38. The average Bonchev–Trinajstić information content (AvgIpc) is 3.08. The number of nitrogens with zero attached hydrogens (tertiary/aromatic N) is 2. The molecular weight excluding hydrogens is 402 g/mol. The van der Waals surface area contributed by atoms with Crippen LogP contribution in [-0.2, 0) is 16.1 Å². The van der Waals surface area contributed by atoms with Gasteiger partial charge in [0.15, 0.2) is 0 Å². The Balaban J connectivity index is 1.63. The molecule has 30 heavy (non-hydrogen) atoms. The molecule has 0 radical (unpaired) electrons. The monoisotopic (exact) mass is 421 g/mol. The van der Waals surface area contributed by atoms with Crippen LogP contribution in [0.4, 0.5) is 5.69 Å². The van der Waals surface area contributed by atoms with Gasteiger partial charge in [-0.25, -0.2) is 9.78 Å². The number of carbonyl (C=O) groups excluding carboxylic acids is 2. The third-order valence-corrected chi connectivity index (χ3v) is 5.94. The maximum absolute atomic E-state index is 12.9. The number of anilines is 1. The van der Waals surface area contributed by atoms with Gasteiger partial charge in [-0.3, -0.25) is 14.2 Å². The highest BCUT2D eigenvalue weighted by atomic mass is 32.1. The number of aryl methyl sites for hydroxylation is 1. The lowest BCUT2D eigenvalue weighted by Crippen LogP contribution is -2.28. The van der Waals surface area contributed by atoms with E-state index in [9.17, 15) is 14.4 Å². The number of esters is 1. The molecule has 4 aromatic rings. The third kappa shape index (κ3) is 3.57. The normalized spacial score (nSPS) is 11.0. The largest absolute Gasteiger partial charge is 0.462 e. The standard InChI is InChI=1S/C22H19N3O4S/c1-3-29-22(28)19-13(2)18-20(30-19)23-12-25(21(18)27)11-17(26)24-16-10-6-8-14-7-4-5-9-15(14)16/h4-10,12H,3,11H2,1-2H3,(H,24,26). The molecule has 8 heteroatoms. The zero-order valence-electron chi connectivity index (χ0n) is 16.5. The van der Waals surface area contributed by atoms with E-state index in [1.54, 1.807) is 13.8 Å². The number of hydrogen-bond donors (Lipinski definition) is 1. The van der Waals surface area contributed by atoms with Crippen molar-refractivity contribution in [2.24, 2.45) is 0 Å². The van der Waals surface area contributed by atoms with Gasteiger partial charge in [0.1, 0.15) is 16.3 Å². The number of thiophene rings is 1. The molecule has 1 N–H and O–H groups in total. The van der Waals surface area contributed by atoms with Crippen molar-refractivity contribution in [2.45, 2.75) is 20.4 Å². The summed E-state index contributed by atoms with van der Waals surface area (Å²) in [5, 5.41) is 5.13. The molecule has 0 fully saturated rings. The Morgan fingerprint density at radius 3 is 2.73 bits per heavy atom. The molecule has 0 unspecified atom stereocenters. The maximum Gasteiger partial charge on any atom is 0.348 e. The molecule has 152 valence electrons. The van der Waals surface area contributed by atoms with Gasteiger partial charge in [0, 0.05) is 11.1 Å². The Morgan fingerprint density at radius 2 is 1.93 bits per heavy atom. The van der Waals surface area contributed by atoms with Crippen molar-refractivity contribution in [1.29, 1.82) is 0 Å². The van der Waals surface area contributed by atoms with Crippen LogP contribution >= 0.6 is 11.3 Å². The minimum Gasteiger partial charge on any atom is -0.462 e. The molecule has 0 spiro atoms. The molecule has 0 saturated carbocycles. The number of benzene rings is 2. The molecule has 0 saturated heterocycles. The van der Waals surface area contributed by atoms with Crippen molar-refractivity contribution < 1.29 is 14.3 Å². The van der Waals surface area contributed by atoms with Gasteiger partial charge in [0.25, 0.3) is 5.56 Å². The van der Waals surface area contributed by atoms with Gasteiger partial charge in [0.05, 0.1) is 18.3 Å². The Hall–Kier alpha value is -3.52. The average molecular weight is 421 g/mol. The van der Waals surface area contributed by atoms with E-state index < -0.39 is 5.97 Å². The number of aromatic nitrogens is 2. The first-order valence-corrected chi connectivity index (χ1v) is 10.2. The van der Waals surface area contributed by atoms with E-state index in [4.69, 9.17) is 4.74 Å².